The predicted molar refractivity (Wildman–Crippen MR) is 113 cm³/mol. The molecule has 0 aliphatic carbocycles. The molecule has 0 spiro atoms. The van der Waals surface area contributed by atoms with Crippen LogP contribution in [0.3, 0.4) is 0 Å². The van der Waals surface area contributed by atoms with Gasteiger partial charge in [0.05, 0.1) is 27.0 Å². The molecule has 0 aliphatic rings. The quantitative estimate of drug-likeness (QED) is 0.555. The number of benzene rings is 2. The molecule has 0 saturated heterocycles. The fraction of sp³-hybridized carbons (Fsp3) is 0.318. The zero-order valence-electron chi connectivity index (χ0n) is 17.4. The lowest BCUT2D eigenvalue weighted by Gasteiger charge is -2.19. The number of hydrogen-bond acceptors (Lipinski definition) is 5. The smallest absolute Gasteiger partial charge is 0.259 e. The summed E-state index contributed by atoms with van der Waals surface area (Å²) in [6.07, 6.45) is 1.45. The van der Waals surface area contributed by atoms with Crippen LogP contribution in [0.25, 0.3) is 0 Å². The summed E-state index contributed by atoms with van der Waals surface area (Å²) in [5.74, 6) is 0.314. The molecule has 29 heavy (non-hydrogen) atoms. The maximum atomic E-state index is 12.2. The van der Waals surface area contributed by atoms with E-state index in [9.17, 15) is 9.59 Å². The van der Waals surface area contributed by atoms with Gasteiger partial charge in [-0.05, 0) is 35.2 Å². The number of amides is 2. The van der Waals surface area contributed by atoms with Crippen LogP contribution >= 0.6 is 0 Å². The van der Waals surface area contributed by atoms with Gasteiger partial charge in [0.15, 0.2) is 11.5 Å². The molecule has 2 amide bonds. The van der Waals surface area contributed by atoms with Crippen LogP contribution in [0.5, 0.6) is 11.5 Å². The van der Waals surface area contributed by atoms with E-state index in [2.05, 4.69) is 36.6 Å². The van der Waals surface area contributed by atoms with Gasteiger partial charge in [-0.1, -0.05) is 39.0 Å². The van der Waals surface area contributed by atoms with E-state index in [4.69, 9.17) is 9.47 Å². The van der Waals surface area contributed by atoms with E-state index < -0.39 is 5.91 Å². The standard InChI is InChI=1S/C22H27N3O4/c1-22(2,3)17-11-9-15(10-12-17)21(27)23-14-19(26)25-24-13-16-7-6-8-18(28-4)20(16)29-5/h6-13H,14H2,1-5H3,(H,23,27)(H,25,26)/b24-13+. The van der Waals surface area contributed by atoms with E-state index >= 15 is 0 Å². The topological polar surface area (TPSA) is 89.0 Å². The number of ether oxygens (including phenoxy) is 2. The molecule has 0 radical (unpaired) electrons. The van der Waals surface area contributed by atoms with Crippen LogP contribution in [0.4, 0.5) is 0 Å². The SMILES string of the molecule is COc1cccc(/C=N/NC(=O)CNC(=O)c2ccc(C(C)(C)C)cc2)c1OC. The van der Waals surface area contributed by atoms with Gasteiger partial charge in [-0.15, -0.1) is 0 Å². The highest BCUT2D eigenvalue weighted by Crippen LogP contribution is 2.29. The lowest BCUT2D eigenvalue weighted by molar-refractivity contribution is -0.120. The Hall–Kier alpha value is -3.35. The first-order valence-electron chi connectivity index (χ1n) is 9.18. The summed E-state index contributed by atoms with van der Waals surface area (Å²) in [6, 6.07) is 12.7. The third-order valence-corrected chi connectivity index (χ3v) is 4.25. The Bertz CT molecular complexity index is 884. The average molecular weight is 397 g/mol. The molecule has 0 unspecified atom stereocenters. The minimum Gasteiger partial charge on any atom is -0.493 e. The summed E-state index contributed by atoms with van der Waals surface area (Å²) in [6.45, 7) is 6.13. The summed E-state index contributed by atoms with van der Waals surface area (Å²) < 4.78 is 10.5. The molecule has 0 saturated carbocycles. The van der Waals surface area contributed by atoms with Crippen molar-refractivity contribution in [1.29, 1.82) is 0 Å². The Morgan fingerprint density at radius 1 is 1.03 bits per heavy atom. The highest BCUT2D eigenvalue weighted by atomic mass is 16.5. The second kappa shape index (κ2) is 9.73. The lowest BCUT2D eigenvalue weighted by Crippen LogP contribution is -2.34. The van der Waals surface area contributed by atoms with Crippen molar-refractivity contribution in [3.63, 3.8) is 0 Å². The van der Waals surface area contributed by atoms with Crippen LogP contribution < -0.4 is 20.2 Å². The number of para-hydroxylation sites is 1. The van der Waals surface area contributed by atoms with E-state index in [1.807, 2.05) is 12.1 Å². The Morgan fingerprint density at radius 2 is 1.72 bits per heavy atom. The van der Waals surface area contributed by atoms with Crippen molar-refractivity contribution in [2.24, 2.45) is 5.10 Å². The molecule has 0 atom stereocenters. The maximum absolute atomic E-state index is 12.2. The number of nitrogens with one attached hydrogen (secondary N) is 2. The highest BCUT2D eigenvalue weighted by molar-refractivity contribution is 5.96. The van der Waals surface area contributed by atoms with Crippen molar-refractivity contribution in [2.45, 2.75) is 26.2 Å². The first kappa shape index (κ1) is 21.9. The summed E-state index contributed by atoms with van der Waals surface area (Å²) in [5, 5.41) is 6.48. The summed E-state index contributed by atoms with van der Waals surface area (Å²) in [4.78, 5) is 24.1. The predicted octanol–water partition coefficient (Wildman–Crippen LogP) is 2.88. The first-order valence-corrected chi connectivity index (χ1v) is 9.18. The highest BCUT2D eigenvalue weighted by Gasteiger charge is 2.14. The van der Waals surface area contributed by atoms with Crippen molar-refractivity contribution < 1.29 is 19.1 Å². The summed E-state index contributed by atoms with van der Waals surface area (Å²) in [5.41, 5.74) is 4.66. The van der Waals surface area contributed by atoms with Crippen molar-refractivity contribution in [2.75, 3.05) is 20.8 Å². The molecule has 0 aliphatic heterocycles. The van der Waals surface area contributed by atoms with Crippen LogP contribution in [0.15, 0.2) is 47.6 Å². The van der Waals surface area contributed by atoms with Gasteiger partial charge in [0, 0.05) is 11.1 Å². The number of carbonyl (C=O) groups is 2. The van der Waals surface area contributed by atoms with Gasteiger partial charge in [0.2, 0.25) is 0 Å². The second-order valence-electron chi connectivity index (χ2n) is 7.39. The van der Waals surface area contributed by atoms with E-state index in [0.717, 1.165) is 5.56 Å². The van der Waals surface area contributed by atoms with Crippen LogP contribution in [0.1, 0.15) is 42.3 Å². The van der Waals surface area contributed by atoms with Gasteiger partial charge in [-0.25, -0.2) is 5.43 Å². The zero-order chi connectivity index (χ0) is 21.4. The molecular weight excluding hydrogens is 370 g/mol. The minimum atomic E-state index is -0.442. The molecule has 0 heterocycles. The number of hydrogen-bond donors (Lipinski definition) is 2. The number of hydrazone groups is 1. The Morgan fingerprint density at radius 3 is 2.31 bits per heavy atom. The van der Waals surface area contributed by atoms with Gasteiger partial charge in [-0.3, -0.25) is 9.59 Å². The average Bonchev–Trinajstić information content (AvgIpc) is 2.71. The minimum absolute atomic E-state index is 0.0123. The largest absolute Gasteiger partial charge is 0.493 e. The van der Waals surface area contributed by atoms with E-state index in [1.165, 1.54) is 13.3 Å². The number of carbonyl (C=O) groups excluding carboxylic acids is 2. The second-order valence-corrected chi connectivity index (χ2v) is 7.39. The Kier molecular flexibility index (Phi) is 7.36. The van der Waals surface area contributed by atoms with E-state index in [1.54, 1.807) is 37.4 Å². The lowest BCUT2D eigenvalue weighted by atomic mass is 9.87. The number of nitrogens with zero attached hydrogens (tertiary/aromatic N) is 1. The van der Waals surface area contributed by atoms with Crippen LogP contribution in [0.2, 0.25) is 0 Å². The molecule has 0 bridgehead atoms. The van der Waals surface area contributed by atoms with Gasteiger partial charge in [0.1, 0.15) is 0 Å². The summed E-state index contributed by atoms with van der Waals surface area (Å²) >= 11 is 0. The molecule has 0 aromatic heterocycles. The molecule has 2 N–H and O–H groups in total. The van der Waals surface area contributed by atoms with Crippen molar-refractivity contribution in [1.82, 2.24) is 10.7 Å². The third kappa shape index (κ3) is 6.07. The van der Waals surface area contributed by atoms with Crippen molar-refractivity contribution >= 4 is 18.0 Å². The van der Waals surface area contributed by atoms with E-state index in [-0.39, 0.29) is 17.9 Å². The molecule has 2 aromatic carbocycles. The Labute approximate surface area is 171 Å². The van der Waals surface area contributed by atoms with Crippen LogP contribution in [-0.2, 0) is 10.2 Å². The molecule has 7 heteroatoms. The van der Waals surface area contributed by atoms with Crippen LogP contribution in [0, 0.1) is 0 Å². The molecule has 2 rings (SSSR count). The molecular formula is C22H27N3O4. The monoisotopic (exact) mass is 397 g/mol. The van der Waals surface area contributed by atoms with Crippen molar-refractivity contribution in [3.8, 4) is 11.5 Å². The fourth-order valence-corrected chi connectivity index (χ4v) is 2.61. The van der Waals surface area contributed by atoms with Gasteiger partial charge in [0.25, 0.3) is 11.8 Å². The fourth-order valence-electron chi connectivity index (χ4n) is 2.61. The third-order valence-electron chi connectivity index (χ3n) is 4.25. The number of methoxy groups -OCH3 is 2. The van der Waals surface area contributed by atoms with Crippen molar-refractivity contribution in [3.05, 3.63) is 59.2 Å². The normalized spacial score (nSPS) is 11.2. The van der Waals surface area contributed by atoms with Gasteiger partial charge in [-0.2, -0.15) is 5.10 Å². The molecule has 0 fully saturated rings. The Balaban J connectivity index is 1.89. The van der Waals surface area contributed by atoms with Gasteiger partial charge < -0.3 is 14.8 Å². The number of rotatable bonds is 7. The molecule has 2 aromatic rings. The summed E-state index contributed by atoms with van der Waals surface area (Å²) in [7, 11) is 3.07. The van der Waals surface area contributed by atoms with E-state index in [0.29, 0.717) is 22.6 Å². The molecule has 154 valence electrons. The first-order chi connectivity index (χ1) is 13.8. The zero-order valence-corrected chi connectivity index (χ0v) is 17.4. The molecule has 7 nitrogen and oxygen atoms in total. The van der Waals surface area contributed by atoms with Gasteiger partial charge >= 0.3 is 0 Å². The maximum Gasteiger partial charge on any atom is 0.259 e. The van der Waals surface area contributed by atoms with Crippen LogP contribution in [-0.4, -0.2) is 38.8 Å².